The quantitative estimate of drug-likeness (QED) is 0.0147. The lowest BCUT2D eigenvalue weighted by Crippen LogP contribution is -2.11. The molecular formula is C47H49N3O10S. The van der Waals surface area contributed by atoms with Crippen molar-refractivity contribution in [2.24, 2.45) is 17.3 Å². The second kappa shape index (κ2) is 24.3. The summed E-state index contributed by atoms with van der Waals surface area (Å²) in [5.41, 5.74) is 1.99. The zero-order valence-electron chi connectivity index (χ0n) is 34.1. The zero-order valence-corrected chi connectivity index (χ0v) is 34.9. The third-order valence-corrected chi connectivity index (χ3v) is 10.2. The molecule has 318 valence electrons. The maximum atomic E-state index is 13.3. The first-order valence-corrected chi connectivity index (χ1v) is 20.8. The molecule has 1 aromatic heterocycles. The van der Waals surface area contributed by atoms with Crippen molar-refractivity contribution in [2.45, 2.75) is 51.4 Å². The molecule has 0 aliphatic heterocycles. The summed E-state index contributed by atoms with van der Waals surface area (Å²) in [6.07, 6.45) is 10.6. The molecule has 61 heavy (non-hydrogen) atoms. The number of rotatable bonds is 24. The first-order chi connectivity index (χ1) is 29.7. The number of ether oxygens (including phenoxy) is 6. The van der Waals surface area contributed by atoms with Crippen LogP contribution < -0.4 is 23.7 Å². The molecule has 0 unspecified atom stereocenters. The summed E-state index contributed by atoms with van der Waals surface area (Å²) in [5, 5.41) is 8.74. The highest BCUT2D eigenvalue weighted by Crippen LogP contribution is 2.26. The Bertz CT molecular complexity index is 2360. The van der Waals surface area contributed by atoms with Gasteiger partial charge in [-0.25, -0.2) is 19.2 Å². The van der Waals surface area contributed by atoms with Crippen LogP contribution in [-0.2, 0) is 26.1 Å². The molecule has 14 heteroatoms. The van der Waals surface area contributed by atoms with Gasteiger partial charge in [-0.1, -0.05) is 36.6 Å². The first kappa shape index (κ1) is 45.3. The van der Waals surface area contributed by atoms with Crippen molar-refractivity contribution >= 4 is 51.6 Å². The standard InChI is InChI=1S/C47H49N3O10S/c1-4-43(51)57-30-14-8-6-12-28-55-37-22-18-34(19-23-37)45(53)59-39-26-27-41(36(32-39)33-48-49-47-50(3)40-16-10-11-17-42(40)61-47)60-46(54)35-20-24-38(25-21-35)56-29-13-7-9-15-31-58-44(52)5-2/h4-5,10-11,16-27,32-33H,1-2,6-9,12-15,28-31H2,3H3. The minimum Gasteiger partial charge on any atom is -0.494 e. The van der Waals surface area contributed by atoms with Crippen molar-refractivity contribution < 1.29 is 47.6 Å². The van der Waals surface area contributed by atoms with Gasteiger partial charge >= 0.3 is 23.9 Å². The van der Waals surface area contributed by atoms with Gasteiger partial charge in [-0.05, 0) is 130 Å². The summed E-state index contributed by atoms with van der Waals surface area (Å²) in [6, 6.07) is 25.9. The van der Waals surface area contributed by atoms with Crippen LogP contribution in [0.4, 0.5) is 0 Å². The lowest BCUT2D eigenvalue weighted by atomic mass is 10.2. The Balaban J connectivity index is 1.19. The normalized spacial score (nSPS) is 11.3. The summed E-state index contributed by atoms with van der Waals surface area (Å²) in [6.45, 7) is 8.50. The number of carbonyl (C=O) groups is 4. The van der Waals surface area contributed by atoms with Crippen molar-refractivity contribution in [2.75, 3.05) is 26.4 Å². The van der Waals surface area contributed by atoms with Crippen LogP contribution in [0.1, 0.15) is 77.6 Å². The van der Waals surface area contributed by atoms with Gasteiger partial charge in [0.15, 0.2) is 0 Å². The van der Waals surface area contributed by atoms with E-state index in [2.05, 4.69) is 23.4 Å². The molecule has 0 aliphatic carbocycles. The Labute approximate surface area is 358 Å². The number of carbonyl (C=O) groups excluding carboxylic acids is 4. The Morgan fingerprint density at radius 2 is 1.13 bits per heavy atom. The number of hydrogen-bond donors (Lipinski definition) is 0. The van der Waals surface area contributed by atoms with Gasteiger partial charge in [0.05, 0.1) is 54.0 Å². The van der Waals surface area contributed by atoms with Gasteiger partial charge in [-0.15, -0.1) is 5.10 Å². The predicted molar refractivity (Wildman–Crippen MR) is 233 cm³/mol. The van der Waals surface area contributed by atoms with E-state index < -0.39 is 23.9 Å². The Morgan fingerprint density at radius 1 is 0.623 bits per heavy atom. The molecule has 0 saturated carbocycles. The third kappa shape index (κ3) is 14.8. The van der Waals surface area contributed by atoms with E-state index in [1.807, 2.05) is 35.9 Å². The summed E-state index contributed by atoms with van der Waals surface area (Å²) in [5.74, 6) is -0.411. The molecule has 0 amide bonds. The number of para-hydroxylation sites is 1. The molecule has 0 radical (unpaired) electrons. The number of fused-ring (bicyclic) bond motifs is 1. The number of unbranched alkanes of at least 4 members (excludes halogenated alkanes) is 6. The molecule has 5 aromatic rings. The number of esters is 4. The monoisotopic (exact) mass is 847 g/mol. The summed E-state index contributed by atoms with van der Waals surface area (Å²) in [4.78, 5) is 49.4. The molecule has 0 atom stereocenters. The van der Waals surface area contributed by atoms with E-state index in [9.17, 15) is 19.2 Å². The minimum atomic E-state index is -0.607. The molecular weight excluding hydrogens is 799 g/mol. The van der Waals surface area contributed by atoms with E-state index in [0.29, 0.717) is 59.4 Å². The molecule has 0 aliphatic rings. The molecule has 0 fully saturated rings. The van der Waals surface area contributed by atoms with Crippen LogP contribution in [0.5, 0.6) is 23.0 Å². The maximum Gasteiger partial charge on any atom is 0.343 e. The lowest BCUT2D eigenvalue weighted by molar-refractivity contribution is -0.138. The van der Waals surface area contributed by atoms with Gasteiger partial charge in [-0.2, -0.15) is 5.10 Å². The van der Waals surface area contributed by atoms with Gasteiger partial charge < -0.3 is 33.0 Å². The average Bonchev–Trinajstić information content (AvgIpc) is 3.60. The minimum absolute atomic E-state index is 0.182. The molecule has 0 saturated heterocycles. The Hall–Kier alpha value is -6.80. The molecule has 0 spiro atoms. The van der Waals surface area contributed by atoms with Crippen LogP contribution in [-0.4, -0.2) is 61.1 Å². The van der Waals surface area contributed by atoms with Crippen molar-refractivity contribution in [1.82, 2.24) is 4.57 Å². The highest BCUT2D eigenvalue weighted by Gasteiger charge is 2.15. The number of nitrogens with zero attached hydrogens (tertiary/aromatic N) is 3. The molecule has 13 nitrogen and oxygen atoms in total. The number of hydrogen-bond acceptors (Lipinski definition) is 13. The molecule has 0 N–H and O–H groups in total. The molecule has 0 bridgehead atoms. The fourth-order valence-electron chi connectivity index (χ4n) is 5.76. The van der Waals surface area contributed by atoms with Crippen LogP contribution in [0, 0.1) is 0 Å². The average molecular weight is 848 g/mol. The zero-order chi connectivity index (χ0) is 43.2. The smallest absolute Gasteiger partial charge is 0.343 e. The summed E-state index contributed by atoms with van der Waals surface area (Å²) in [7, 11) is 1.90. The van der Waals surface area contributed by atoms with E-state index in [4.69, 9.17) is 28.4 Å². The van der Waals surface area contributed by atoms with Gasteiger partial charge in [0.2, 0.25) is 4.80 Å². The summed E-state index contributed by atoms with van der Waals surface area (Å²) >= 11 is 1.48. The highest BCUT2D eigenvalue weighted by molar-refractivity contribution is 7.16. The number of aromatic nitrogens is 1. The van der Waals surface area contributed by atoms with Crippen LogP contribution in [0.2, 0.25) is 0 Å². The first-order valence-electron chi connectivity index (χ1n) is 20.0. The summed E-state index contributed by atoms with van der Waals surface area (Å²) < 4.78 is 36.1. The molecule has 5 rings (SSSR count). The fraction of sp³-hybridized carbons (Fsp3) is 0.277. The Morgan fingerprint density at radius 3 is 1.67 bits per heavy atom. The molecule has 1 heterocycles. The van der Waals surface area contributed by atoms with Crippen molar-refractivity contribution in [3.05, 3.63) is 138 Å². The second-order valence-electron chi connectivity index (χ2n) is 13.6. The van der Waals surface area contributed by atoms with Crippen LogP contribution in [0.3, 0.4) is 0 Å². The predicted octanol–water partition coefficient (Wildman–Crippen LogP) is 8.95. The van der Waals surface area contributed by atoms with Crippen LogP contribution in [0.25, 0.3) is 10.2 Å². The van der Waals surface area contributed by atoms with E-state index in [1.54, 1.807) is 54.6 Å². The van der Waals surface area contributed by atoms with Gasteiger partial charge in [0, 0.05) is 24.8 Å². The Kier molecular flexibility index (Phi) is 18.1. The SMILES string of the molecule is C=CC(=O)OCCCCCCOc1ccc(C(=O)Oc2ccc(OC(=O)c3ccc(OCCCCCCOC(=O)C=C)cc3)c(C=NN=c3sc4ccccc4n3C)c2)cc1. The van der Waals surface area contributed by atoms with Crippen molar-refractivity contribution in [3.63, 3.8) is 0 Å². The highest BCUT2D eigenvalue weighted by atomic mass is 32.1. The maximum absolute atomic E-state index is 13.3. The fourth-order valence-corrected chi connectivity index (χ4v) is 6.74. The van der Waals surface area contributed by atoms with Crippen molar-refractivity contribution in [3.8, 4) is 23.0 Å². The largest absolute Gasteiger partial charge is 0.494 e. The molecule has 4 aromatic carbocycles. The third-order valence-electron chi connectivity index (χ3n) is 9.07. The van der Waals surface area contributed by atoms with Gasteiger partial charge in [0.25, 0.3) is 0 Å². The van der Waals surface area contributed by atoms with Crippen LogP contribution >= 0.6 is 11.3 Å². The van der Waals surface area contributed by atoms with E-state index in [1.165, 1.54) is 29.7 Å². The van der Waals surface area contributed by atoms with Gasteiger partial charge in [-0.3, -0.25) is 0 Å². The number of aryl methyl sites for hydroxylation is 1. The number of thiazole rings is 1. The number of benzene rings is 4. The van der Waals surface area contributed by atoms with Crippen LogP contribution in [0.15, 0.2) is 127 Å². The van der Waals surface area contributed by atoms with E-state index in [-0.39, 0.29) is 11.5 Å². The van der Waals surface area contributed by atoms with Crippen molar-refractivity contribution in [1.29, 1.82) is 0 Å². The van der Waals surface area contributed by atoms with E-state index in [0.717, 1.165) is 73.7 Å². The second-order valence-corrected chi connectivity index (χ2v) is 14.6. The van der Waals surface area contributed by atoms with E-state index >= 15 is 0 Å². The van der Waals surface area contributed by atoms with Gasteiger partial charge in [0.1, 0.15) is 23.0 Å². The lowest BCUT2D eigenvalue weighted by Gasteiger charge is -2.11. The topological polar surface area (TPSA) is 153 Å².